The fourth-order valence-corrected chi connectivity index (χ4v) is 2.96. The molecule has 0 spiro atoms. The predicted octanol–water partition coefficient (Wildman–Crippen LogP) is 2.25. The normalized spacial score (nSPS) is 26.4. The lowest BCUT2D eigenvalue weighted by atomic mass is 10.1. The van der Waals surface area contributed by atoms with E-state index in [-0.39, 0.29) is 6.23 Å². The van der Waals surface area contributed by atoms with Crippen molar-refractivity contribution >= 4 is 17.7 Å². The fourth-order valence-electron chi connectivity index (χ4n) is 2.85. The van der Waals surface area contributed by atoms with Crippen molar-refractivity contribution in [3.8, 4) is 5.88 Å². The molecule has 1 aromatic rings. The summed E-state index contributed by atoms with van der Waals surface area (Å²) in [6, 6.07) is 3.87. The van der Waals surface area contributed by atoms with Gasteiger partial charge >= 0.3 is 6.09 Å². The molecule has 3 rings (SSSR count). The van der Waals surface area contributed by atoms with Gasteiger partial charge in [0.1, 0.15) is 0 Å². The molecular formula is C13H16ClN3O3. The molecular weight excluding hydrogens is 282 g/mol. The van der Waals surface area contributed by atoms with Crippen molar-refractivity contribution in [3.05, 3.63) is 23.4 Å². The van der Waals surface area contributed by atoms with E-state index in [4.69, 9.17) is 21.4 Å². The van der Waals surface area contributed by atoms with Gasteiger partial charge in [0.05, 0.1) is 11.7 Å². The number of nitrogens with zero attached hydrogens (tertiary/aromatic N) is 3. The molecule has 108 valence electrons. The molecule has 0 aliphatic carbocycles. The van der Waals surface area contributed by atoms with E-state index in [1.54, 1.807) is 18.3 Å². The summed E-state index contributed by atoms with van der Waals surface area (Å²) in [5.74, 6) is 0.521. The minimum absolute atomic E-state index is 0.115. The highest BCUT2D eigenvalue weighted by Crippen LogP contribution is 2.31. The minimum Gasteiger partial charge on any atom is -0.465 e. The van der Waals surface area contributed by atoms with E-state index < -0.39 is 6.09 Å². The molecule has 7 heteroatoms. The Kier molecular flexibility index (Phi) is 3.67. The third-order valence-corrected chi connectivity index (χ3v) is 4.10. The van der Waals surface area contributed by atoms with Gasteiger partial charge in [0, 0.05) is 24.8 Å². The zero-order chi connectivity index (χ0) is 14.1. The highest BCUT2D eigenvalue weighted by Gasteiger charge is 2.39. The van der Waals surface area contributed by atoms with Gasteiger partial charge < -0.3 is 9.84 Å². The first kappa shape index (κ1) is 13.5. The molecule has 0 unspecified atom stereocenters. The number of carboxylic acid groups (broad SMARTS) is 1. The highest BCUT2D eigenvalue weighted by atomic mass is 35.5. The summed E-state index contributed by atoms with van der Waals surface area (Å²) < 4.78 is 5.86. The van der Waals surface area contributed by atoms with Crippen molar-refractivity contribution < 1.29 is 14.6 Å². The zero-order valence-electron chi connectivity index (χ0n) is 10.9. The summed E-state index contributed by atoms with van der Waals surface area (Å²) in [6.07, 6.45) is 3.34. The number of amides is 1. The number of halogens is 1. The van der Waals surface area contributed by atoms with Crippen molar-refractivity contribution in [2.75, 3.05) is 13.2 Å². The Labute approximate surface area is 121 Å². The predicted molar refractivity (Wildman–Crippen MR) is 72.7 cm³/mol. The maximum Gasteiger partial charge on any atom is 0.408 e. The van der Waals surface area contributed by atoms with Crippen LogP contribution < -0.4 is 4.74 Å². The third-order valence-electron chi connectivity index (χ3n) is 3.88. The molecule has 1 N–H and O–H groups in total. The summed E-state index contributed by atoms with van der Waals surface area (Å²) in [4.78, 5) is 18.7. The molecule has 1 amide bonds. The smallest absolute Gasteiger partial charge is 0.408 e. The monoisotopic (exact) mass is 297 g/mol. The van der Waals surface area contributed by atoms with Gasteiger partial charge in [0.15, 0.2) is 6.23 Å². The molecule has 2 saturated heterocycles. The van der Waals surface area contributed by atoms with Gasteiger partial charge in [-0.2, -0.15) is 0 Å². The molecule has 0 saturated carbocycles. The maximum atomic E-state index is 11.1. The van der Waals surface area contributed by atoms with E-state index in [1.165, 1.54) is 4.90 Å². The largest absolute Gasteiger partial charge is 0.465 e. The van der Waals surface area contributed by atoms with E-state index in [2.05, 4.69) is 9.88 Å². The molecule has 1 aromatic heterocycles. The molecule has 0 bridgehead atoms. The van der Waals surface area contributed by atoms with Crippen LogP contribution in [0.3, 0.4) is 0 Å². The third kappa shape index (κ3) is 2.66. The Morgan fingerprint density at radius 2 is 2.25 bits per heavy atom. The van der Waals surface area contributed by atoms with Crippen LogP contribution in [0, 0.1) is 0 Å². The van der Waals surface area contributed by atoms with Crippen LogP contribution in [-0.2, 0) is 0 Å². The molecule has 3 heterocycles. The summed E-state index contributed by atoms with van der Waals surface area (Å²) in [7, 11) is 0. The summed E-state index contributed by atoms with van der Waals surface area (Å²) in [5.41, 5.74) is 0. The molecule has 6 nitrogen and oxygen atoms in total. The SMILES string of the molecule is O=C(O)N1CC[C@@H]2CC[C@H](Oc3ccc(Cl)cn3)N2C1. The highest BCUT2D eigenvalue weighted by molar-refractivity contribution is 6.30. The molecule has 2 atom stereocenters. The summed E-state index contributed by atoms with van der Waals surface area (Å²) in [6.45, 7) is 1.00. The van der Waals surface area contributed by atoms with Crippen molar-refractivity contribution in [2.45, 2.75) is 31.5 Å². The van der Waals surface area contributed by atoms with Crippen LogP contribution >= 0.6 is 11.6 Å². The van der Waals surface area contributed by atoms with E-state index in [0.717, 1.165) is 19.3 Å². The lowest BCUT2D eigenvalue weighted by molar-refractivity contribution is -0.0269. The Morgan fingerprint density at radius 1 is 1.40 bits per heavy atom. The number of rotatable bonds is 2. The van der Waals surface area contributed by atoms with Crippen molar-refractivity contribution in [1.82, 2.24) is 14.8 Å². The van der Waals surface area contributed by atoms with Crippen molar-refractivity contribution in [2.24, 2.45) is 0 Å². The van der Waals surface area contributed by atoms with Gasteiger partial charge in [-0.1, -0.05) is 11.6 Å². The number of carbonyl (C=O) groups is 1. The van der Waals surface area contributed by atoms with Gasteiger partial charge in [-0.25, -0.2) is 14.7 Å². The first-order chi connectivity index (χ1) is 9.63. The van der Waals surface area contributed by atoms with Crippen molar-refractivity contribution in [1.29, 1.82) is 0 Å². The van der Waals surface area contributed by atoms with Gasteiger partial charge in [0.2, 0.25) is 5.88 Å². The van der Waals surface area contributed by atoms with Crippen LogP contribution in [0.2, 0.25) is 5.02 Å². The molecule has 20 heavy (non-hydrogen) atoms. The lowest BCUT2D eigenvalue weighted by Gasteiger charge is -2.38. The lowest BCUT2D eigenvalue weighted by Crippen LogP contribution is -2.53. The second-order valence-electron chi connectivity index (χ2n) is 5.11. The van der Waals surface area contributed by atoms with Crippen LogP contribution in [0.1, 0.15) is 19.3 Å². The second kappa shape index (κ2) is 5.46. The fraction of sp³-hybridized carbons (Fsp3) is 0.538. The zero-order valence-corrected chi connectivity index (χ0v) is 11.7. The van der Waals surface area contributed by atoms with E-state index in [9.17, 15) is 4.79 Å². The minimum atomic E-state index is -0.876. The van der Waals surface area contributed by atoms with Gasteiger partial charge in [-0.15, -0.1) is 0 Å². The number of fused-ring (bicyclic) bond motifs is 1. The van der Waals surface area contributed by atoms with Crippen LogP contribution in [0.15, 0.2) is 18.3 Å². The summed E-state index contributed by atoms with van der Waals surface area (Å²) in [5, 5.41) is 9.66. The Bertz CT molecular complexity index is 496. The Hall–Kier alpha value is -1.53. The summed E-state index contributed by atoms with van der Waals surface area (Å²) >= 11 is 5.79. The molecule has 0 radical (unpaired) electrons. The van der Waals surface area contributed by atoms with Crippen LogP contribution in [-0.4, -0.2) is 51.5 Å². The first-order valence-electron chi connectivity index (χ1n) is 6.65. The van der Waals surface area contributed by atoms with Crippen LogP contribution in [0.25, 0.3) is 0 Å². The second-order valence-corrected chi connectivity index (χ2v) is 5.55. The number of pyridine rings is 1. The van der Waals surface area contributed by atoms with Crippen LogP contribution in [0.4, 0.5) is 4.79 Å². The van der Waals surface area contributed by atoms with Gasteiger partial charge in [-0.3, -0.25) is 4.90 Å². The van der Waals surface area contributed by atoms with E-state index in [0.29, 0.717) is 30.2 Å². The number of aromatic nitrogens is 1. The van der Waals surface area contributed by atoms with Crippen molar-refractivity contribution in [3.63, 3.8) is 0 Å². The maximum absolute atomic E-state index is 11.1. The van der Waals surface area contributed by atoms with Gasteiger partial charge in [0.25, 0.3) is 0 Å². The van der Waals surface area contributed by atoms with Crippen LogP contribution in [0.5, 0.6) is 5.88 Å². The molecule has 2 aliphatic heterocycles. The number of hydrogen-bond donors (Lipinski definition) is 1. The average Bonchev–Trinajstić information content (AvgIpc) is 2.84. The van der Waals surface area contributed by atoms with E-state index >= 15 is 0 Å². The topological polar surface area (TPSA) is 65.9 Å². The van der Waals surface area contributed by atoms with Gasteiger partial charge in [-0.05, 0) is 25.3 Å². The molecule has 2 aliphatic rings. The average molecular weight is 298 g/mol. The molecule has 2 fully saturated rings. The Morgan fingerprint density at radius 3 is 2.95 bits per heavy atom. The number of hydrogen-bond acceptors (Lipinski definition) is 4. The van der Waals surface area contributed by atoms with E-state index in [1.807, 2.05) is 0 Å². The Balaban J connectivity index is 1.68. The first-order valence-corrected chi connectivity index (χ1v) is 7.03. The molecule has 0 aromatic carbocycles. The number of ether oxygens (including phenoxy) is 1. The standard InChI is InChI=1S/C13H16ClN3O3/c14-9-1-3-11(15-7-9)20-12-4-2-10-5-6-16(13(18)19)8-17(10)12/h1,3,7,10,12H,2,4-6,8H2,(H,18,19)/t10-,12-/m0/s1. The quantitative estimate of drug-likeness (QED) is 0.907.